The van der Waals surface area contributed by atoms with E-state index in [0.29, 0.717) is 0 Å². The maximum absolute atomic E-state index is 10.8. The normalized spacial score (nSPS) is 9.44. The number of methoxy groups -OCH3 is 2. The zero-order valence-corrected chi connectivity index (χ0v) is 9.50. The molecule has 9 nitrogen and oxygen atoms in total. The van der Waals surface area contributed by atoms with E-state index in [9.17, 15) is 14.9 Å². The van der Waals surface area contributed by atoms with Gasteiger partial charge < -0.3 is 19.4 Å². The summed E-state index contributed by atoms with van der Waals surface area (Å²) < 4.78 is 9.80. The Kier molecular flexibility index (Phi) is 4.13. The van der Waals surface area contributed by atoms with E-state index in [-0.39, 0.29) is 17.2 Å². The van der Waals surface area contributed by atoms with E-state index in [4.69, 9.17) is 14.6 Å². The topological polar surface area (TPSA) is 120 Å². The highest BCUT2D eigenvalue weighted by Gasteiger charge is 2.21. The number of rotatable bonds is 5. The average Bonchev–Trinajstić information content (AvgIpc) is 2.34. The van der Waals surface area contributed by atoms with E-state index < -0.39 is 16.7 Å². The van der Waals surface area contributed by atoms with Gasteiger partial charge in [0.2, 0.25) is 5.75 Å². The molecule has 0 aliphatic carbocycles. The second-order valence-electron chi connectivity index (χ2n) is 2.94. The SMILES string of the molecule is COc1cc(ONC(=O)O)c([N+](=O)[O-])cc1OC. The van der Waals surface area contributed by atoms with Crippen LogP contribution in [0.25, 0.3) is 0 Å². The van der Waals surface area contributed by atoms with Crippen LogP contribution in [-0.4, -0.2) is 30.3 Å². The van der Waals surface area contributed by atoms with Crippen molar-refractivity contribution in [3.63, 3.8) is 0 Å². The fraction of sp³-hybridized carbons (Fsp3) is 0.222. The van der Waals surface area contributed by atoms with E-state index >= 15 is 0 Å². The highest BCUT2D eigenvalue weighted by atomic mass is 16.7. The summed E-state index contributed by atoms with van der Waals surface area (Å²) in [7, 11) is 2.65. The number of hydrogen-bond donors (Lipinski definition) is 2. The van der Waals surface area contributed by atoms with Crippen LogP contribution in [0.3, 0.4) is 0 Å². The summed E-state index contributed by atoms with van der Waals surface area (Å²) >= 11 is 0. The van der Waals surface area contributed by atoms with Crippen molar-refractivity contribution in [1.29, 1.82) is 0 Å². The van der Waals surface area contributed by atoms with Crippen molar-refractivity contribution in [3.05, 3.63) is 22.2 Å². The largest absolute Gasteiger partial charge is 0.493 e. The van der Waals surface area contributed by atoms with Crippen LogP contribution in [-0.2, 0) is 0 Å². The van der Waals surface area contributed by atoms with Gasteiger partial charge >= 0.3 is 11.8 Å². The summed E-state index contributed by atoms with van der Waals surface area (Å²) in [5, 5.41) is 19.2. The van der Waals surface area contributed by atoms with Crippen molar-refractivity contribution in [1.82, 2.24) is 5.48 Å². The smallest absolute Gasteiger partial charge is 0.438 e. The molecule has 0 atom stereocenters. The molecule has 2 N–H and O–H groups in total. The molecule has 1 aromatic carbocycles. The minimum atomic E-state index is -1.49. The Morgan fingerprint density at radius 3 is 2.28 bits per heavy atom. The molecule has 1 rings (SSSR count). The highest BCUT2D eigenvalue weighted by molar-refractivity contribution is 5.64. The summed E-state index contributed by atoms with van der Waals surface area (Å²) in [6, 6.07) is 2.21. The fourth-order valence-corrected chi connectivity index (χ4v) is 1.17. The molecule has 18 heavy (non-hydrogen) atoms. The first-order valence-corrected chi connectivity index (χ1v) is 4.55. The summed E-state index contributed by atoms with van der Waals surface area (Å²) in [6.07, 6.45) is -1.49. The molecule has 98 valence electrons. The third kappa shape index (κ3) is 2.90. The van der Waals surface area contributed by atoms with Crippen LogP contribution in [0, 0.1) is 10.1 Å². The van der Waals surface area contributed by atoms with E-state index in [0.717, 1.165) is 12.1 Å². The number of hydroxylamine groups is 1. The molecule has 9 heteroatoms. The summed E-state index contributed by atoms with van der Waals surface area (Å²) in [5.41, 5.74) is 1.10. The molecule has 0 heterocycles. The Morgan fingerprint density at radius 2 is 1.83 bits per heavy atom. The lowest BCUT2D eigenvalue weighted by molar-refractivity contribution is -0.386. The molecule has 0 saturated carbocycles. The number of carboxylic acid groups (broad SMARTS) is 1. The molecule has 0 radical (unpaired) electrons. The van der Waals surface area contributed by atoms with Gasteiger partial charge in [0.15, 0.2) is 11.5 Å². The minimum Gasteiger partial charge on any atom is -0.493 e. The number of nitro benzene ring substituents is 1. The molecule has 0 bridgehead atoms. The number of amides is 1. The van der Waals surface area contributed by atoms with Gasteiger partial charge in [0.05, 0.1) is 25.2 Å². The number of nitro groups is 1. The van der Waals surface area contributed by atoms with Gasteiger partial charge in [-0.15, -0.1) is 0 Å². The standard InChI is InChI=1S/C9H10N2O7/c1-16-7-3-5(11(14)15)6(4-8(7)17-2)18-10-9(12)13/h3-4,10H,1-2H3,(H,12,13). The number of benzene rings is 1. The number of nitrogens with one attached hydrogen (secondary N) is 1. The van der Waals surface area contributed by atoms with Gasteiger partial charge in [-0.25, -0.2) is 4.79 Å². The van der Waals surface area contributed by atoms with Gasteiger partial charge in [0, 0.05) is 6.07 Å². The summed E-state index contributed by atoms with van der Waals surface area (Å²) in [6.45, 7) is 0. The maximum atomic E-state index is 10.8. The third-order valence-electron chi connectivity index (χ3n) is 1.91. The van der Waals surface area contributed by atoms with Crippen molar-refractivity contribution in [2.24, 2.45) is 0 Å². The van der Waals surface area contributed by atoms with Crippen LogP contribution in [0.2, 0.25) is 0 Å². The maximum Gasteiger partial charge on any atom is 0.438 e. The first-order chi connectivity index (χ1) is 8.49. The third-order valence-corrected chi connectivity index (χ3v) is 1.91. The predicted molar refractivity (Wildman–Crippen MR) is 58.0 cm³/mol. The molecule has 1 amide bonds. The summed E-state index contributed by atoms with van der Waals surface area (Å²) in [4.78, 5) is 24.9. The first kappa shape index (κ1) is 13.4. The van der Waals surface area contributed by atoms with Crippen LogP contribution >= 0.6 is 0 Å². The molecule has 0 aromatic heterocycles. The lowest BCUT2D eigenvalue weighted by Gasteiger charge is -2.10. The van der Waals surface area contributed by atoms with Crippen molar-refractivity contribution in [2.75, 3.05) is 14.2 Å². The molecule has 0 aliphatic heterocycles. The Morgan fingerprint density at radius 1 is 1.28 bits per heavy atom. The highest BCUT2D eigenvalue weighted by Crippen LogP contribution is 2.38. The van der Waals surface area contributed by atoms with Gasteiger partial charge in [-0.1, -0.05) is 0 Å². The minimum absolute atomic E-state index is 0.131. The lowest BCUT2D eigenvalue weighted by Crippen LogP contribution is -2.25. The zero-order chi connectivity index (χ0) is 13.7. The van der Waals surface area contributed by atoms with Crippen LogP contribution in [0.1, 0.15) is 0 Å². The number of nitrogens with zero attached hydrogens (tertiary/aromatic N) is 1. The Bertz CT molecular complexity index is 474. The Labute approximate surface area is 101 Å². The van der Waals surface area contributed by atoms with Gasteiger partial charge in [-0.3, -0.25) is 10.1 Å². The molecular formula is C9H10N2O7. The van der Waals surface area contributed by atoms with Gasteiger partial charge in [0.1, 0.15) is 0 Å². The van der Waals surface area contributed by atoms with Crippen LogP contribution in [0.15, 0.2) is 12.1 Å². The van der Waals surface area contributed by atoms with E-state index in [1.807, 2.05) is 0 Å². The Balaban J connectivity index is 3.20. The van der Waals surface area contributed by atoms with Crippen LogP contribution in [0.5, 0.6) is 17.2 Å². The second kappa shape index (κ2) is 5.57. The fourth-order valence-electron chi connectivity index (χ4n) is 1.17. The number of ether oxygens (including phenoxy) is 2. The molecule has 0 saturated heterocycles. The molecule has 0 aliphatic rings. The lowest BCUT2D eigenvalue weighted by atomic mass is 10.2. The van der Waals surface area contributed by atoms with E-state index in [1.165, 1.54) is 14.2 Å². The molecule has 1 aromatic rings. The molecular weight excluding hydrogens is 248 g/mol. The van der Waals surface area contributed by atoms with Crippen molar-refractivity contribution < 1.29 is 29.1 Å². The van der Waals surface area contributed by atoms with Crippen molar-refractivity contribution in [3.8, 4) is 17.2 Å². The van der Waals surface area contributed by atoms with Crippen LogP contribution in [0.4, 0.5) is 10.5 Å². The predicted octanol–water partition coefficient (Wildman–Crippen LogP) is 1.17. The number of carbonyl (C=O) groups is 1. The number of hydrogen-bond acceptors (Lipinski definition) is 6. The van der Waals surface area contributed by atoms with Gasteiger partial charge in [0.25, 0.3) is 0 Å². The molecule has 0 fully saturated rings. The van der Waals surface area contributed by atoms with Gasteiger partial charge in [-0.2, -0.15) is 5.48 Å². The van der Waals surface area contributed by atoms with Gasteiger partial charge in [-0.05, 0) is 0 Å². The van der Waals surface area contributed by atoms with Crippen molar-refractivity contribution >= 4 is 11.8 Å². The quantitative estimate of drug-likeness (QED) is 0.600. The molecule has 0 unspecified atom stereocenters. The monoisotopic (exact) mass is 258 g/mol. The zero-order valence-electron chi connectivity index (χ0n) is 9.50. The first-order valence-electron chi connectivity index (χ1n) is 4.55. The Hall–Kier alpha value is -2.71. The van der Waals surface area contributed by atoms with E-state index in [2.05, 4.69) is 4.84 Å². The summed E-state index contributed by atoms with van der Waals surface area (Å²) in [5.74, 6) is -0.00258. The second-order valence-corrected chi connectivity index (χ2v) is 2.94. The van der Waals surface area contributed by atoms with Crippen LogP contribution < -0.4 is 19.8 Å². The average molecular weight is 258 g/mol. The van der Waals surface area contributed by atoms with Crippen molar-refractivity contribution in [2.45, 2.75) is 0 Å². The van der Waals surface area contributed by atoms with E-state index in [1.54, 1.807) is 5.48 Å². The molecule has 0 spiro atoms.